The molecule has 3 aromatic carbocycles. The van der Waals surface area contributed by atoms with Gasteiger partial charge in [0.25, 0.3) is 5.91 Å². The minimum absolute atomic E-state index is 0. The van der Waals surface area contributed by atoms with Crippen LogP contribution in [-0.4, -0.2) is 108 Å². The fraction of sp³-hybridized carbons (Fsp3) is 0.435. The van der Waals surface area contributed by atoms with Gasteiger partial charge in [-0.15, -0.1) is 0 Å². The number of benzene rings is 3. The number of carbonyl (C=O) groups is 2. The third kappa shape index (κ3) is 10.4. The Bertz CT molecular complexity index is 2290. The Kier molecular flexibility index (Phi) is 16.3. The van der Waals surface area contributed by atoms with Gasteiger partial charge < -0.3 is 33.9 Å². The van der Waals surface area contributed by atoms with Crippen LogP contribution in [0.4, 0.5) is 19.0 Å². The van der Waals surface area contributed by atoms with Gasteiger partial charge in [-0.3, -0.25) is 15.9 Å². The Morgan fingerprint density at radius 1 is 0.952 bits per heavy atom. The van der Waals surface area contributed by atoms with E-state index in [1.54, 1.807) is 17.3 Å². The van der Waals surface area contributed by atoms with Crippen molar-refractivity contribution in [3.63, 3.8) is 0 Å². The third-order valence-corrected chi connectivity index (χ3v) is 12.4. The van der Waals surface area contributed by atoms with Crippen LogP contribution in [0.25, 0.3) is 22.0 Å². The molecule has 7 rings (SSSR count). The summed E-state index contributed by atoms with van der Waals surface area (Å²) < 4.78 is 52.1. The molecule has 0 saturated carbocycles. The van der Waals surface area contributed by atoms with Crippen molar-refractivity contribution in [3.05, 3.63) is 94.5 Å². The molecular formula is C46H48ClF3N6O5W. The van der Waals surface area contributed by atoms with Gasteiger partial charge in [0.05, 0.1) is 11.6 Å². The number of carbonyl (C=O) groups excluding carboxylic acids is 4. The first kappa shape index (κ1) is 46.8. The molecule has 0 N–H and O–H groups in total. The molecule has 0 radical (unpaired) electrons. The second-order valence-corrected chi connectivity index (χ2v) is 16.2. The maximum Gasteiger partial charge on any atom is 2.00 e. The number of hydrogen-bond donors (Lipinski definition) is 0. The number of fused-ring (bicyclic) bond motifs is 2. The first-order chi connectivity index (χ1) is 29.6. The normalized spacial score (nSPS) is 16.3. The van der Waals surface area contributed by atoms with Gasteiger partial charge in [0.2, 0.25) is 5.91 Å². The predicted octanol–water partition coefficient (Wildman–Crippen LogP) is 7.73. The number of piperidine rings is 1. The minimum atomic E-state index is -0.867. The number of halogens is 4. The molecule has 4 aromatic rings. The molecule has 1 unspecified atom stereocenters. The Morgan fingerprint density at radius 2 is 1.69 bits per heavy atom. The zero-order valence-corrected chi connectivity index (χ0v) is 38.0. The molecular weight excluding hydrogens is 993 g/mol. The maximum absolute atomic E-state index is 16.2. The predicted molar refractivity (Wildman–Crippen MR) is 227 cm³/mol. The molecule has 11 nitrogen and oxygen atoms in total. The van der Waals surface area contributed by atoms with Gasteiger partial charge in [0, 0.05) is 54.8 Å². The molecule has 1 aromatic heterocycles. The fourth-order valence-electron chi connectivity index (χ4n) is 8.81. The van der Waals surface area contributed by atoms with E-state index >= 15 is 8.78 Å². The Hall–Kier alpha value is -4.65. The molecule has 0 spiro atoms. The molecule has 2 saturated heterocycles. The van der Waals surface area contributed by atoms with Gasteiger partial charge in [-0.05, 0) is 105 Å². The molecule has 16 heteroatoms. The number of rotatable bonds is 18. The number of unbranched alkanes of at least 4 members (excludes halogenated alkanes) is 4. The van der Waals surface area contributed by atoms with E-state index in [2.05, 4.69) is 21.4 Å². The summed E-state index contributed by atoms with van der Waals surface area (Å²) >= 11 is 6.66. The van der Waals surface area contributed by atoms with Crippen molar-refractivity contribution in [3.8, 4) is 16.9 Å². The molecule has 4 heterocycles. The van der Waals surface area contributed by atoms with Crippen LogP contribution in [0.2, 0.25) is 5.02 Å². The number of hydrogen-bond acceptors (Lipinski definition) is 9. The zero-order valence-electron chi connectivity index (χ0n) is 34.4. The van der Waals surface area contributed by atoms with Gasteiger partial charge in [-0.2, -0.15) is 6.42 Å². The van der Waals surface area contributed by atoms with Crippen molar-refractivity contribution in [2.75, 3.05) is 57.3 Å². The van der Waals surface area contributed by atoms with Gasteiger partial charge in [-0.25, -0.2) is 29.4 Å². The van der Waals surface area contributed by atoms with Crippen molar-refractivity contribution in [1.82, 2.24) is 24.7 Å². The minimum Gasteiger partial charge on any atom is -0.542 e. The van der Waals surface area contributed by atoms with Gasteiger partial charge in [0.15, 0.2) is 5.82 Å². The van der Waals surface area contributed by atoms with E-state index in [9.17, 15) is 23.6 Å². The van der Waals surface area contributed by atoms with Crippen LogP contribution in [0.1, 0.15) is 85.2 Å². The Balaban J connectivity index is 0.00000641. The van der Waals surface area contributed by atoms with Crippen molar-refractivity contribution in [2.45, 2.75) is 76.3 Å². The van der Waals surface area contributed by atoms with Crippen molar-refractivity contribution >= 4 is 52.7 Å². The van der Waals surface area contributed by atoms with Crippen molar-refractivity contribution in [1.29, 1.82) is 0 Å². The summed E-state index contributed by atoms with van der Waals surface area (Å²) in [5.41, 5.74) is 1.76. The maximum atomic E-state index is 16.2. The number of ether oxygens (including phenoxy) is 1. The topological polar surface area (TPSA) is 116 Å². The summed E-state index contributed by atoms with van der Waals surface area (Å²) in [5.74, 6) is -1.44. The van der Waals surface area contributed by atoms with Crippen LogP contribution in [0.3, 0.4) is 0 Å². The SMILES string of the molecule is C=CC(=O)N1CCN(c2ncnc3c(F)c(-c4cc(OCCCCCCCN5CCC(c6cc(F)cc7c6CN(C([C-]=O)CC[C-]=O)C7=O)CC5)ccc4F)c(Cl)cc23)CC1.[W+2]. The first-order valence-corrected chi connectivity index (χ1v) is 21.3. The largest absolute Gasteiger partial charge is 2.00 e. The summed E-state index contributed by atoms with van der Waals surface area (Å²) in [6.07, 6.45) is 12.8. The quantitative estimate of drug-likeness (QED) is 0.0561. The van der Waals surface area contributed by atoms with Crippen LogP contribution < -0.4 is 9.64 Å². The van der Waals surface area contributed by atoms with Gasteiger partial charge >= 0.3 is 21.1 Å². The van der Waals surface area contributed by atoms with Crippen LogP contribution in [0, 0.1) is 17.5 Å². The van der Waals surface area contributed by atoms with E-state index in [-0.39, 0.29) is 73.9 Å². The van der Waals surface area contributed by atoms with Crippen LogP contribution in [-0.2, 0) is 42.0 Å². The molecule has 3 aliphatic rings. The second kappa shape index (κ2) is 21.6. The van der Waals surface area contributed by atoms with E-state index < -0.39 is 29.4 Å². The summed E-state index contributed by atoms with van der Waals surface area (Å²) in [7, 11) is 0. The van der Waals surface area contributed by atoms with E-state index in [0.717, 1.165) is 75.7 Å². The van der Waals surface area contributed by atoms with Gasteiger partial charge in [-0.1, -0.05) is 49.9 Å². The molecule has 0 aliphatic carbocycles. The molecule has 3 aliphatic heterocycles. The molecule has 2 amide bonds. The van der Waals surface area contributed by atoms with E-state index in [4.69, 9.17) is 16.3 Å². The number of likely N-dealkylation sites (tertiary alicyclic amines) is 1. The number of aromatic nitrogens is 2. The molecule has 1 atom stereocenters. The van der Waals surface area contributed by atoms with Crippen LogP contribution >= 0.6 is 11.6 Å². The van der Waals surface area contributed by atoms with Crippen molar-refractivity contribution < 1.29 is 58.2 Å². The molecule has 326 valence electrons. The summed E-state index contributed by atoms with van der Waals surface area (Å²) in [5, 5.41) is 0.405. The Morgan fingerprint density at radius 3 is 2.42 bits per heavy atom. The van der Waals surface area contributed by atoms with Crippen molar-refractivity contribution in [2.24, 2.45) is 0 Å². The number of nitrogens with zero attached hydrogens (tertiary/aromatic N) is 6. The number of piperazine rings is 1. The van der Waals surface area contributed by atoms with Crippen LogP contribution in [0.15, 0.2) is 55.4 Å². The standard InChI is InChI=1S/C46H48ClF3N6O5.W/c1-2-41(59)54-17-19-55(20-18-54)45-37-26-39(47)42(43(50)44(37)51-29-52-45)36-25-33(10-11-40(36)49)61-22-7-5-3-4-6-14-53-15-12-30(13-16-53)34-23-31(48)24-35-38(34)27-56(46(35)60)32(28-58)9-8-21-57;/h2,10-11,23-26,29-30,32H,1,3-9,12-20,22,27H2;/q-2;+2. The number of amides is 2. The van der Waals surface area contributed by atoms with Crippen LogP contribution in [0.5, 0.6) is 5.75 Å². The van der Waals surface area contributed by atoms with E-state index in [1.807, 2.05) is 11.2 Å². The zero-order chi connectivity index (χ0) is 43.0. The second-order valence-electron chi connectivity index (χ2n) is 15.8. The van der Waals surface area contributed by atoms with Gasteiger partial charge in [0.1, 0.15) is 35.0 Å². The Labute approximate surface area is 378 Å². The smallest absolute Gasteiger partial charge is 0.542 e. The average Bonchev–Trinajstić information content (AvgIpc) is 3.60. The average molecular weight is 1040 g/mol. The van der Waals surface area contributed by atoms with E-state index in [1.165, 1.54) is 47.6 Å². The molecule has 62 heavy (non-hydrogen) atoms. The first-order valence-electron chi connectivity index (χ1n) is 20.9. The summed E-state index contributed by atoms with van der Waals surface area (Å²) in [6.45, 7) is 8.71. The monoisotopic (exact) mass is 1040 g/mol. The summed E-state index contributed by atoms with van der Waals surface area (Å²) in [6, 6.07) is 7.68. The molecule has 2 fully saturated rings. The summed E-state index contributed by atoms with van der Waals surface area (Å²) in [4.78, 5) is 63.5. The molecule has 0 bridgehead atoms. The third-order valence-electron chi connectivity index (χ3n) is 12.1. The van der Waals surface area contributed by atoms with E-state index in [0.29, 0.717) is 55.3 Å². The number of anilines is 1. The fourth-order valence-corrected chi connectivity index (χ4v) is 9.10.